The van der Waals surface area contributed by atoms with Gasteiger partial charge in [0.1, 0.15) is 0 Å². The van der Waals surface area contributed by atoms with Gasteiger partial charge in [0.05, 0.1) is 4.90 Å². The number of amides is 1. The van der Waals surface area contributed by atoms with E-state index in [-0.39, 0.29) is 10.6 Å². The van der Waals surface area contributed by atoms with Crippen molar-refractivity contribution in [2.75, 3.05) is 5.32 Å². The van der Waals surface area contributed by atoms with Gasteiger partial charge in [-0.15, -0.1) is 5.10 Å². The average molecular weight is 284 g/mol. The molecule has 0 unspecified atom stereocenters. The Morgan fingerprint density at radius 1 is 1.39 bits per heavy atom. The van der Waals surface area contributed by atoms with Crippen LogP contribution in [-0.4, -0.2) is 23.9 Å². The lowest BCUT2D eigenvalue weighted by Crippen LogP contribution is -2.15. The van der Waals surface area contributed by atoms with Crippen LogP contribution < -0.4 is 10.5 Å². The third-order valence-electron chi connectivity index (χ3n) is 2.01. The maximum Gasteiger partial charge on any atom is 0.277 e. The molecule has 0 fully saturated rings. The molecule has 0 saturated carbocycles. The van der Waals surface area contributed by atoms with Crippen LogP contribution in [0.4, 0.5) is 5.69 Å². The van der Waals surface area contributed by atoms with Gasteiger partial charge < -0.3 is 5.32 Å². The van der Waals surface area contributed by atoms with Crippen LogP contribution in [0.25, 0.3) is 0 Å². The van der Waals surface area contributed by atoms with E-state index in [1.54, 1.807) is 6.07 Å². The SMILES string of the molecule is NS(=O)(=O)c1cccc(NC(=O)c2csnn2)c1. The fourth-order valence-electron chi connectivity index (χ4n) is 1.21. The molecule has 1 heterocycles. The van der Waals surface area contributed by atoms with Crippen molar-refractivity contribution in [2.24, 2.45) is 5.14 Å². The number of rotatable bonds is 3. The summed E-state index contributed by atoms with van der Waals surface area (Å²) in [5.41, 5.74) is 0.487. The molecule has 94 valence electrons. The van der Waals surface area contributed by atoms with Crippen LogP contribution >= 0.6 is 11.5 Å². The number of nitrogens with two attached hydrogens (primary N) is 1. The van der Waals surface area contributed by atoms with E-state index in [2.05, 4.69) is 14.9 Å². The molecule has 0 atom stereocenters. The van der Waals surface area contributed by atoms with Crippen molar-refractivity contribution in [3.63, 3.8) is 0 Å². The molecule has 0 spiro atoms. The molecule has 0 bridgehead atoms. The summed E-state index contributed by atoms with van der Waals surface area (Å²) in [6.07, 6.45) is 0. The molecule has 0 aliphatic carbocycles. The van der Waals surface area contributed by atoms with Gasteiger partial charge in [-0.1, -0.05) is 10.6 Å². The zero-order valence-corrected chi connectivity index (χ0v) is 10.5. The molecule has 3 N–H and O–H groups in total. The van der Waals surface area contributed by atoms with E-state index in [1.807, 2.05) is 0 Å². The van der Waals surface area contributed by atoms with Crippen molar-refractivity contribution in [3.8, 4) is 0 Å². The van der Waals surface area contributed by atoms with Crippen molar-refractivity contribution >= 4 is 33.2 Å². The number of primary sulfonamides is 1. The number of benzene rings is 1. The molecule has 7 nitrogen and oxygen atoms in total. The van der Waals surface area contributed by atoms with Gasteiger partial charge in [-0.05, 0) is 29.7 Å². The third-order valence-corrected chi connectivity index (χ3v) is 3.43. The number of aromatic nitrogens is 2. The lowest BCUT2D eigenvalue weighted by Gasteiger charge is -2.04. The van der Waals surface area contributed by atoms with Gasteiger partial charge in [0.2, 0.25) is 10.0 Å². The summed E-state index contributed by atoms with van der Waals surface area (Å²) in [6.45, 7) is 0. The van der Waals surface area contributed by atoms with Crippen LogP contribution in [0, 0.1) is 0 Å². The summed E-state index contributed by atoms with van der Waals surface area (Å²) in [6, 6.07) is 5.64. The quantitative estimate of drug-likeness (QED) is 0.848. The first kappa shape index (κ1) is 12.6. The molecular weight excluding hydrogens is 276 g/mol. The predicted molar refractivity (Wildman–Crippen MR) is 65.7 cm³/mol. The lowest BCUT2D eigenvalue weighted by molar-refractivity contribution is 0.102. The second kappa shape index (κ2) is 4.80. The third kappa shape index (κ3) is 2.88. The van der Waals surface area contributed by atoms with E-state index in [0.29, 0.717) is 5.69 Å². The molecule has 0 aliphatic heterocycles. The Hall–Kier alpha value is -1.84. The first-order chi connectivity index (χ1) is 8.47. The smallest absolute Gasteiger partial charge is 0.277 e. The van der Waals surface area contributed by atoms with Crippen molar-refractivity contribution in [1.29, 1.82) is 0 Å². The number of carbonyl (C=O) groups is 1. The van der Waals surface area contributed by atoms with E-state index in [4.69, 9.17) is 5.14 Å². The normalized spacial score (nSPS) is 11.2. The van der Waals surface area contributed by atoms with Crippen molar-refractivity contribution < 1.29 is 13.2 Å². The summed E-state index contributed by atoms with van der Waals surface area (Å²) in [5, 5.41) is 12.6. The molecule has 0 radical (unpaired) electrons. The maximum absolute atomic E-state index is 11.6. The molecule has 0 aliphatic rings. The fraction of sp³-hybridized carbons (Fsp3) is 0. The van der Waals surface area contributed by atoms with Crippen molar-refractivity contribution in [1.82, 2.24) is 9.59 Å². The van der Waals surface area contributed by atoms with Crippen LogP contribution in [0.1, 0.15) is 10.5 Å². The van der Waals surface area contributed by atoms with E-state index >= 15 is 0 Å². The number of hydrogen-bond donors (Lipinski definition) is 2. The summed E-state index contributed by atoms with van der Waals surface area (Å²) >= 11 is 1.05. The van der Waals surface area contributed by atoms with Crippen LogP contribution in [-0.2, 0) is 10.0 Å². The highest BCUT2D eigenvalue weighted by Crippen LogP contribution is 2.14. The van der Waals surface area contributed by atoms with Crippen LogP contribution in [0.2, 0.25) is 0 Å². The molecule has 2 aromatic rings. The minimum Gasteiger partial charge on any atom is -0.321 e. The zero-order chi connectivity index (χ0) is 13.2. The lowest BCUT2D eigenvalue weighted by atomic mass is 10.3. The van der Waals surface area contributed by atoms with Crippen LogP contribution in [0.3, 0.4) is 0 Å². The molecular formula is C9H8N4O3S2. The standard InChI is InChI=1S/C9H8N4O3S2/c10-18(15,16)7-3-1-2-6(4-7)11-9(14)8-5-17-13-12-8/h1-5H,(H,11,14)(H2,10,15,16). The van der Waals surface area contributed by atoms with Crippen LogP contribution in [0.15, 0.2) is 34.5 Å². The van der Waals surface area contributed by atoms with E-state index in [0.717, 1.165) is 11.5 Å². The maximum atomic E-state index is 11.6. The summed E-state index contributed by atoms with van der Waals surface area (Å²) in [5.74, 6) is -0.463. The number of nitrogens with one attached hydrogen (secondary N) is 1. The Bertz CT molecular complexity index is 667. The molecule has 1 amide bonds. The van der Waals surface area contributed by atoms with E-state index < -0.39 is 15.9 Å². The second-order valence-corrected chi connectivity index (χ2v) is 5.49. The van der Waals surface area contributed by atoms with Gasteiger partial charge in [-0.3, -0.25) is 4.79 Å². The Balaban J connectivity index is 2.23. The molecule has 18 heavy (non-hydrogen) atoms. The Morgan fingerprint density at radius 3 is 2.78 bits per heavy atom. The Labute approximate surface area is 107 Å². The number of hydrogen-bond acceptors (Lipinski definition) is 6. The number of sulfonamides is 1. The van der Waals surface area contributed by atoms with Gasteiger partial charge in [-0.2, -0.15) is 0 Å². The van der Waals surface area contributed by atoms with Gasteiger partial charge in [-0.25, -0.2) is 13.6 Å². The van der Waals surface area contributed by atoms with E-state index in [1.165, 1.54) is 23.6 Å². The van der Waals surface area contributed by atoms with Crippen LogP contribution in [0.5, 0.6) is 0 Å². The summed E-state index contributed by atoms with van der Waals surface area (Å²) in [4.78, 5) is 11.6. The Morgan fingerprint density at radius 2 is 2.17 bits per heavy atom. The molecule has 9 heteroatoms. The molecule has 0 saturated heterocycles. The van der Waals surface area contributed by atoms with Gasteiger partial charge >= 0.3 is 0 Å². The van der Waals surface area contributed by atoms with Gasteiger partial charge in [0.15, 0.2) is 5.69 Å². The Kier molecular flexibility index (Phi) is 3.36. The molecule has 2 rings (SSSR count). The minimum atomic E-state index is -3.79. The number of anilines is 1. The average Bonchev–Trinajstić information content (AvgIpc) is 2.81. The fourth-order valence-corrected chi connectivity index (χ4v) is 2.21. The highest BCUT2D eigenvalue weighted by Gasteiger charge is 2.11. The van der Waals surface area contributed by atoms with Gasteiger partial charge in [0, 0.05) is 11.1 Å². The highest BCUT2D eigenvalue weighted by molar-refractivity contribution is 7.89. The first-order valence-corrected chi connectivity index (χ1v) is 7.06. The summed E-state index contributed by atoms with van der Waals surface area (Å²) < 4.78 is 25.8. The predicted octanol–water partition coefficient (Wildman–Crippen LogP) is 0.438. The van der Waals surface area contributed by atoms with Crippen molar-refractivity contribution in [2.45, 2.75) is 4.90 Å². The molecule has 1 aromatic heterocycles. The monoisotopic (exact) mass is 284 g/mol. The zero-order valence-electron chi connectivity index (χ0n) is 8.90. The van der Waals surface area contributed by atoms with Crippen molar-refractivity contribution in [3.05, 3.63) is 35.3 Å². The molecule has 1 aromatic carbocycles. The number of nitrogens with zero attached hydrogens (tertiary/aromatic N) is 2. The summed E-state index contributed by atoms with van der Waals surface area (Å²) in [7, 11) is -3.79. The second-order valence-electron chi connectivity index (χ2n) is 3.32. The van der Waals surface area contributed by atoms with Gasteiger partial charge in [0.25, 0.3) is 5.91 Å². The topological polar surface area (TPSA) is 115 Å². The number of carbonyl (C=O) groups excluding carboxylic acids is 1. The largest absolute Gasteiger partial charge is 0.321 e. The minimum absolute atomic E-state index is 0.0725. The first-order valence-electron chi connectivity index (χ1n) is 4.68. The highest BCUT2D eigenvalue weighted by atomic mass is 32.2. The van der Waals surface area contributed by atoms with E-state index in [9.17, 15) is 13.2 Å².